The molecule has 140 valence electrons. The zero-order valence-electron chi connectivity index (χ0n) is 14.7. The van der Waals surface area contributed by atoms with E-state index in [1.807, 2.05) is 0 Å². The third-order valence-corrected chi connectivity index (χ3v) is 4.04. The van der Waals surface area contributed by atoms with Gasteiger partial charge in [-0.1, -0.05) is 26.0 Å². The van der Waals surface area contributed by atoms with Crippen molar-refractivity contribution in [1.82, 2.24) is 10.2 Å². The zero-order valence-corrected chi connectivity index (χ0v) is 14.7. The van der Waals surface area contributed by atoms with Gasteiger partial charge in [0.25, 0.3) is 11.8 Å². The maximum Gasteiger partial charge on any atom is 0.329 e. The number of likely N-dealkylation sites (tertiary alicyclic amines) is 1. The van der Waals surface area contributed by atoms with Gasteiger partial charge in [0.15, 0.2) is 6.61 Å². The summed E-state index contributed by atoms with van der Waals surface area (Å²) in [7, 11) is 0. The Morgan fingerprint density at radius 3 is 2.54 bits per heavy atom. The first kappa shape index (κ1) is 19.6. The number of benzene rings is 1. The number of imide groups is 1. The summed E-state index contributed by atoms with van der Waals surface area (Å²) in [4.78, 5) is 48.9. The Bertz CT molecular complexity index is 719. The summed E-state index contributed by atoms with van der Waals surface area (Å²) >= 11 is 0. The molecular formula is C18H21FN2O5. The van der Waals surface area contributed by atoms with Crippen molar-refractivity contribution in [2.24, 2.45) is 5.92 Å². The number of nitrogens with one attached hydrogen (secondary N) is 1. The summed E-state index contributed by atoms with van der Waals surface area (Å²) in [6.45, 7) is 3.09. The lowest BCUT2D eigenvalue weighted by molar-refractivity contribution is -0.156. The van der Waals surface area contributed by atoms with Gasteiger partial charge in [-0.25, -0.2) is 9.18 Å². The minimum absolute atomic E-state index is 0.190. The van der Waals surface area contributed by atoms with E-state index < -0.39 is 36.2 Å². The normalized spacial score (nSPS) is 15.1. The van der Waals surface area contributed by atoms with E-state index in [2.05, 4.69) is 5.32 Å². The lowest BCUT2D eigenvalue weighted by Gasteiger charge is -2.21. The van der Waals surface area contributed by atoms with E-state index in [-0.39, 0.29) is 17.4 Å². The molecule has 7 nitrogen and oxygen atoms in total. The lowest BCUT2D eigenvalue weighted by atomic mass is 10.0. The summed E-state index contributed by atoms with van der Waals surface area (Å²) in [6.07, 6.45) is 0.888. The third-order valence-electron chi connectivity index (χ3n) is 4.04. The second-order valence-electron chi connectivity index (χ2n) is 6.33. The van der Waals surface area contributed by atoms with E-state index >= 15 is 0 Å². The number of esters is 1. The van der Waals surface area contributed by atoms with Crippen molar-refractivity contribution in [3.05, 3.63) is 35.6 Å². The molecule has 3 amide bonds. The Labute approximate surface area is 150 Å². The molecule has 0 aromatic heterocycles. The smallest absolute Gasteiger partial charge is 0.329 e. The van der Waals surface area contributed by atoms with Crippen LogP contribution in [0, 0.1) is 11.7 Å². The van der Waals surface area contributed by atoms with E-state index in [9.17, 15) is 23.6 Å². The number of carbonyl (C=O) groups is 4. The molecule has 0 saturated carbocycles. The first-order valence-electron chi connectivity index (χ1n) is 8.36. The molecule has 8 heteroatoms. The highest BCUT2D eigenvalue weighted by molar-refractivity contribution is 5.99. The summed E-state index contributed by atoms with van der Waals surface area (Å²) in [5.41, 5.74) is -0.190. The van der Waals surface area contributed by atoms with Crippen LogP contribution in [0.4, 0.5) is 4.39 Å². The van der Waals surface area contributed by atoms with Crippen LogP contribution in [0.5, 0.6) is 0 Å². The maximum absolute atomic E-state index is 13.7. The Hall–Kier alpha value is -2.77. The average Bonchev–Trinajstić information content (AvgIpc) is 3.03. The number of rotatable bonds is 6. The SMILES string of the molecule is CC(C)[C@H](NC(=O)c1ccccc1F)C(=O)OCC(=O)N1CCCC1=O. The highest BCUT2D eigenvalue weighted by Gasteiger charge is 2.30. The first-order valence-corrected chi connectivity index (χ1v) is 8.36. The molecule has 0 radical (unpaired) electrons. The molecule has 0 bridgehead atoms. The van der Waals surface area contributed by atoms with Crippen molar-refractivity contribution in [3.8, 4) is 0 Å². The van der Waals surface area contributed by atoms with Crippen molar-refractivity contribution in [3.63, 3.8) is 0 Å². The van der Waals surface area contributed by atoms with Gasteiger partial charge < -0.3 is 10.1 Å². The first-order chi connectivity index (χ1) is 12.3. The number of amides is 3. The topological polar surface area (TPSA) is 92.8 Å². The average molecular weight is 364 g/mol. The van der Waals surface area contributed by atoms with Gasteiger partial charge in [0.05, 0.1) is 5.56 Å². The van der Waals surface area contributed by atoms with Crippen LogP contribution < -0.4 is 5.32 Å². The fraction of sp³-hybridized carbons (Fsp3) is 0.444. The zero-order chi connectivity index (χ0) is 19.3. The Morgan fingerprint density at radius 1 is 1.27 bits per heavy atom. The van der Waals surface area contributed by atoms with E-state index in [1.54, 1.807) is 13.8 Å². The van der Waals surface area contributed by atoms with E-state index in [4.69, 9.17) is 4.74 Å². The van der Waals surface area contributed by atoms with Crippen LogP contribution in [0.3, 0.4) is 0 Å². The van der Waals surface area contributed by atoms with Gasteiger partial charge in [-0.05, 0) is 24.5 Å². The molecule has 1 N–H and O–H groups in total. The number of carbonyl (C=O) groups excluding carboxylic acids is 4. The second kappa shape index (κ2) is 8.55. The van der Waals surface area contributed by atoms with Crippen molar-refractivity contribution < 1.29 is 28.3 Å². The van der Waals surface area contributed by atoms with Crippen molar-refractivity contribution in [2.75, 3.05) is 13.2 Å². The Morgan fingerprint density at radius 2 is 1.96 bits per heavy atom. The maximum atomic E-state index is 13.7. The summed E-state index contributed by atoms with van der Waals surface area (Å²) in [5, 5.41) is 2.43. The molecule has 1 aliphatic rings. The molecule has 1 aromatic carbocycles. The van der Waals surface area contributed by atoms with Gasteiger partial charge in [0, 0.05) is 13.0 Å². The molecule has 0 spiro atoms. The van der Waals surface area contributed by atoms with Gasteiger partial charge in [-0.2, -0.15) is 0 Å². The van der Waals surface area contributed by atoms with Gasteiger partial charge in [0.2, 0.25) is 5.91 Å². The van der Waals surface area contributed by atoms with Gasteiger partial charge in [0.1, 0.15) is 11.9 Å². The summed E-state index contributed by atoms with van der Waals surface area (Å²) < 4.78 is 18.7. The fourth-order valence-electron chi connectivity index (χ4n) is 2.57. The minimum atomic E-state index is -1.05. The van der Waals surface area contributed by atoms with E-state index in [1.165, 1.54) is 18.2 Å². The number of ether oxygens (including phenoxy) is 1. The van der Waals surface area contributed by atoms with E-state index in [0.29, 0.717) is 19.4 Å². The fourth-order valence-corrected chi connectivity index (χ4v) is 2.57. The van der Waals surface area contributed by atoms with Crippen molar-refractivity contribution >= 4 is 23.7 Å². The molecule has 2 rings (SSSR count). The molecule has 0 unspecified atom stereocenters. The van der Waals surface area contributed by atoms with Crippen LogP contribution in [-0.2, 0) is 19.1 Å². The molecule has 1 aliphatic heterocycles. The van der Waals surface area contributed by atoms with Crippen LogP contribution in [0.25, 0.3) is 0 Å². The summed E-state index contributed by atoms with van der Waals surface area (Å²) in [5.74, 6) is -3.50. The van der Waals surface area contributed by atoms with E-state index in [0.717, 1.165) is 11.0 Å². The third kappa shape index (κ3) is 4.65. The van der Waals surface area contributed by atoms with Gasteiger partial charge >= 0.3 is 5.97 Å². The second-order valence-corrected chi connectivity index (χ2v) is 6.33. The molecule has 0 aliphatic carbocycles. The van der Waals surface area contributed by atoms with Crippen LogP contribution in [0.2, 0.25) is 0 Å². The molecular weight excluding hydrogens is 343 g/mol. The highest BCUT2D eigenvalue weighted by Crippen LogP contribution is 2.12. The quantitative estimate of drug-likeness (QED) is 0.768. The standard InChI is InChI=1S/C18H21FN2O5/c1-11(2)16(20-17(24)12-6-3-4-7-13(12)19)18(25)26-10-15(23)21-9-5-8-14(21)22/h3-4,6-7,11,16H,5,8-10H2,1-2H3,(H,20,24)/t16-/m0/s1. The molecule has 1 fully saturated rings. The molecule has 1 aromatic rings. The van der Waals surface area contributed by atoms with Crippen LogP contribution >= 0.6 is 0 Å². The van der Waals surface area contributed by atoms with Crippen LogP contribution in [0.1, 0.15) is 37.0 Å². The Kier molecular flexibility index (Phi) is 6.43. The predicted octanol–water partition coefficient (Wildman–Crippen LogP) is 1.27. The molecule has 1 heterocycles. The van der Waals surface area contributed by atoms with Crippen LogP contribution in [0.15, 0.2) is 24.3 Å². The number of hydrogen-bond acceptors (Lipinski definition) is 5. The number of hydrogen-bond donors (Lipinski definition) is 1. The van der Waals surface area contributed by atoms with Crippen molar-refractivity contribution in [1.29, 1.82) is 0 Å². The number of halogens is 1. The van der Waals surface area contributed by atoms with Gasteiger partial charge in [-0.3, -0.25) is 19.3 Å². The predicted molar refractivity (Wildman–Crippen MR) is 89.4 cm³/mol. The highest BCUT2D eigenvalue weighted by atomic mass is 19.1. The lowest BCUT2D eigenvalue weighted by Crippen LogP contribution is -2.46. The van der Waals surface area contributed by atoms with Crippen molar-refractivity contribution in [2.45, 2.75) is 32.7 Å². The van der Waals surface area contributed by atoms with Gasteiger partial charge in [-0.15, -0.1) is 0 Å². The monoisotopic (exact) mass is 364 g/mol. The number of nitrogens with zero attached hydrogens (tertiary/aromatic N) is 1. The van der Waals surface area contributed by atoms with Crippen LogP contribution in [-0.4, -0.2) is 47.8 Å². The molecule has 1 atom stereocenters. The summed E-state index contributed by atoms with van der Waals surface area (Å²) in [6, 6.07) is 4.35. The Balaban J connectivity index is 1.97. The minimum Gasteiger partial charge on any atom is -0.454 e. The molecule has 1 saturated heterocycles. The molecule has 26 heavy (non-hydrogen) atoms. The largest absolute Gasteiger partial charge is 0.454 e.